The molecule has 3 aromatic rings. The molecule has 1 unspecified atom stereocenters. The van der Waals surface area contributed by atoms with Gasteiger partial charge in [0, 0.05) is 42.3 Å². The summed E-state index contributed by atoms with van der Waals surface area (Å²) >= 11 is 0. The van der Waals surface area contributed by atoms with Crippen molar-refractivity contribution in [2.75, 3.05) is 30.3 Å². The summed E-state index contributed by atoms with van der Waals surface area (Å²) in [5.74, 6) is 1.92. The Bertz CT molecular complexity index is 1240. The normalized spacial score (nSPS) is 23.6. The molecule has 1 atom stereocenters. The molecular formula is C26H31N7O. The third-order valence-electron chi connectivity index (χ3n) is 7.50. The van der Waals surface area contributed by atoms with Crippen molar-refractivity contribution in [2.45, 2.75) is 51.9 Å². The zero-order valence-electron chi connectivity index (χ0n) is 19.8. The highest BCUT2D eigenvalue weighted by molar-refractivity contribution is 5.98. The van der Waals surface area contributed by atoms with E-state index in [2.05, 4.69) is 32.7 Å². The maximum atomic E-state index is 13.1. The topological polar surface area (TPSA) is 86.3 Å². The summed E-state index contributed by atoms with van der Waals surface area (Å²) in [6.07, 6.45) is 4.32. The van der Waals surface area contributed by atoms with Gasteiger partial charge < -0.3 is 20.4 Å². The first kappa shape index (κ1) is 21.3. The van der Waals surface area contributed by atoms with E-state index in [9.17, 15) is 4.79 Å². The summed E-state index contributed by atoms with van der Waals surface area (Å²) < 4.78 is 0. The molecule has 8 nitrogen and oxygen atoms in total. The third kappa shape index (κ3) is 3.86. The molecule has 0 radical (unpaired) electrons. The highest BCUT2D eigenvalue weighted by Crippen LogP contribution is 2.32. The first-order chi connectivity index (χ1) is 16.5. The molecule has 2 bridgehead atoms. The minimum Gasteiger partial charge on any atom is -0.365 e. The van der Waals surface area contributed by atoms with Gasteiger partial charge in [-0.15, -0.1) is 0 Å². The number of anilines is 2. The Morgan fingerprint density at radius 2 is 1.97 bits per heavy atom. The van der Waals surface area contributed by atoms with E-state index in [4.69, 9.17) is 9.97 Å². The molecule has 1 amide bonds. The highest BCUT2D eigenvalue weighted by atomic mass is 16.2. The van der Waals surface area contributed by atoms with E-state index in [1.165, 1.54) is 25.9 Å². The number of carbonyl (C=O) groups excluding carboxylic acids is 1. The van der Waals surface area contributed by atoms with Crippen LogP contribution in [0.5, 0.6) is 0 Å². The van der Waals surface area contributed by atoms with Crippen molar-refractivity contribution < 1.29 is 4.79 Å². The minimum atomic E-state index is -0.0141. The summed E-state index contributed by atoms with van der Waals surface area (Å²) in [4.78, 5) is 31.7. The van der Waals surface area contributed by atoms with Gasteiger partial charge in [0.1, 0.15) is 11.5 Å². The average molecular weight is 458 g/mol. The SMILES string of the molecule is CC(C)N1Cc2c(NCc3cnc4ccccc4c3)nc(NC3CN4CCC3CC4)nc2C1=O. The van der Waals surface area contributed by atoms with Crippen LogP contribution in [0.25, 0.3) is 10.9 Å². The fourth-order valence-corrected chi connectivity index (χ4v) is 5.51. The first-order valence-electron chi connectivity index (χ1n) is 12.3. The lowest BCUT2D eigenvalue weighted by Gasteiger charge is -2.44. The average Bonchev–Trinajstić information content (AvgIpc) is 3.20. The fourth-order valence-electron chi connectivity index (χ4n) is 5.51. The van der Waals surface area contributed by atoms with Crippen molar-refractivity contribution >= 4 is 28.6 Å². The van der Waals surface area contributed by atoms with Gasteiger partial charge in [-0.05, 0) is 63.4 Å². The summed E-state index contributed by atoms with van der Waals surface area (Å²) in [6, 6.07) is 10.7. The number of para-hydroxylation sites is 1. The predicted molar refractivity (Wildman–Crippen MR) is 133 cm³/mol. The number of hydrogen-bond donors (Lipinski definition) is 2. The molecule has 0 saturated carbocycles. The van der Waals surface area contributed by atoms with Crippen LogP contribution in [0.15, 0.2) is 36.5 Å². The summed E-state index contributed by atoms with van der Waals surface area (Å²) in [7, 11) is 0. The Morgan fingerprint density at radius 3 is 2.74 bits per heavy atom. The molecule has 2 N–H and O–H groups in total. The second-order valence-corrected chi connectivity index (χ2v) is 10.0. The fraction of sp³-hybridized carbons (Fsp3) is 0.462. The summed E-state index contributed by atoms with van der Waals surface area (Å²) in [5.41, 5.74) is 3.46. The molecule has 8 heteroatoms. The highest BCUT2D eigenvalue weighted by Gasteiger charge is 2.37. The van der Waals surface area contributed by atoms with Gasteiger partial charge in [0.15, 0.2) is 0 Å². The number of nitrogens with zero attached hydrogens (tertiary/aromatic N) is 5. The van der Waals surface area contributed by atoms with Gasteiger partial charge in [-0.1, -0.05) is 18.2 Å². The third-order valence-corrected chi connectivity index (χ3v) is 7.50. The number of hydrogen-bond acceptors (Lipinski definition) is 7. The quantitative estimate of drug-likeness (QED) is 0.586. The van der Waals surface area contributed by atoms with Crippen LogP contribution in [-0.2, 0) is 13.1 Å². The van der Waals surface area contributed by atoms with Crippen molar-refractivity contribution in [3.63, 3.8) is 0 Å². The molecular weight excluding hydrogens is 426 g/mol. The van der Waals surface area contributed by atoms with Gasteiger partial charge in [0.05, 0.1) is 12.1 Å². The van der Waals surface area contributed by atoms with E-state index in [0.29, 0.717) is 36.7 Å². The Kier molecular flexibility index (Phi) is 5.32. The molecule has 2 aromatic heterocycles. The second-order valence-electron chi connectivity index (χ2n) is 10.0. The molecule has 34 heavy (non-hydrogen) atoms. The van der Waals surface area contributed by atoms with Crippen molar-refractivity contribution in [1.29, 1.82) is 0 Å². The van der Waals surface area contributed by atoms with Gasteiger partial charge in [-0.25, -0.2) is 4.98 Å². The number of carbonyl (C=O) groups is 1. The number of nitrogens with one attached hydrogen (secondary N) is 2. The summed E-state index contributed by atoms with van der Waals surface area (Å²) in [6.45, 7) is 8.57. The first-order valence-corrected chi connectivity index (χ1v) is 12.3. The standard InChI is InChI=1S/C26H31N7O/c1-16(2)33-14-20-23(25(33)34)30-26(29-22-15-32-9-7-18(22)8-10-32)31-24(20)28-13-17-11-19-5-3-4-6-21(19)27-12-17/h3-6,11-12,16,18,22H,7-10,13-15H2,1-2H3,(H2,28,29,30,31). The van der Waals surface area contributed by atoms with Crippen molar-refractivity contribution in [2.24, 2.45) is 5.92 Å². The van der Waals surface area contributed by atoms with Gasteiger partial charge in [0.2, 0.25) is 5.95 Å². The zero-order chi connectivity index (χ0) is 23.2. The van der Waals surface area contributed by atoms with Crippen LogP contribution in [0.2, 0.25) is 0 Å². The number of benzene rings is 1. The molecule has 0 spiro atoms. The van der Waals surface area contributed by atoms with Crippen LogP contribution < -0.4 is 10.6 Å². The van der Waals surface area contributed by atoms with Crippen LogP contribution in [0.3, 0.4) is 0 Å². The Hall–Kier alpha value is -3.26. The molecule has 3 fully saturated rings. The Balaban J connectivity index is 1.29. The lowest BCUT2D eigenvalue weighted by atomic mass is 9.84. The lowest BCUT2D eigenvalue weighted by molar-refractivity contribution is 0.0726. The number of rotatable bonds is 6. The van der Waals surface area contributed by atoms with E-state index in [0.717, 1.165) is 34.4 Å². The van der Waals surface area contributed by atoms with Crippen LogP contribution in [0.4, 0.5) is 11.8 Å². The Morgan fingerprint density at radius 1 is 1.15 bits per heavy atom. The van der Waals surface area contributed by atoms with E-state index in [1.807, 2.05) is 43.1 Å². The van der Waals surface area contributed by atoms with Crippen LogP contribution >= 0.6 is 0 Å². The number of pyridine rings is 1. The minimum absolute atomic E-state index is 0.0141. The van der Waals surface area contributed by atoms with Crippen molar-refractivity contribution in [3.05, 3.63) is 53.3 Å². The molecule has 0 aliphatic carbocycles. The van der Waals surface area contributed by atoms with Gasteiger partial charge in [0.25, 0.3) is 5.91 Å². The molecule has 4 aliphatic heterocycles. The van der Waals surface area contributed by atoms with Crippen molar-refractivity contribution in [1.82, 2.24) is 24.8 Å². The number of aromatic nitrogens is 3. The van der Waals surface area contributed by atoms with Crippen LogP contribution in [0.1, 0.15) is 48.3 Å². The molecule has 3 saturated heterocycles. The molecule has 1 aromatic carbocycles. The maximum Gasteiger partial charge on any atom is 0.273 e. The van der Waals surface area contributed by atoms with E-state index >= 15 is 0 Å². The molecule has 7 rings (SSSR count). The monoisotopic (exact) mass is 457 g/mol. The van der Waals surface area contributed by atoms with Gasteiger partial charge >= 0.3 is 0 Å². The molecule has 6 heterocycles. The van der Waals surface area contributed by atoms with Gasteiger partial charge in [-0.2, -0.15) is 4.98 Å². The van der Waals surface area contributed by atoms with Crippen LogP contribution in [-0.4, -0.2) is 62.4 Å². The second kappa shape index (κ2) is 8.51. The maximum absolute atomic E-state index is 13.1. The number of amides is 1. The van der Waals surface area contributed by atoms with E-state index < -0.39 is 0 Å². The lowest BCUT2D eigenvalue weighted by Crippen LogP contribution is -2.53. The zero-order valence-corrected chi connectivity index (χ0v) is 19.8. The van der Waals surface area contributed by atoms with E-state index in [1.54, 1.807) is 0 Å². The Labute approximate surface area is 199 Å². The number of fused-ring (bicyclic) bond motifs is 5. The molecule has 176 valence electrons. The van der Waals surface area contributed by atoms with Crippen LogP contribution in [0, 0.1) is 5.92 Å². The number of piperidine rings is 3. The smallest absolute Gasteiger partial charge is 0.273 e. The largest absolute Gasteiger partial charge is 0.365 e. The molecule has 4 aliphatic rings. The summed E-state index contributed by atoms with van der Waals surface area (Å²) in [5, 5.41) is 8.19. The van der Waals surface area contributed by atoms with Crippen molar-refractivity contribution in [3.8, 4) is 0 Å². The predicted octanol–water partition coefficient (Wildman–Crippen LogP) is 3.51. The van der Waals surface area contributed by atoms with Gasteiger partial charge in [-0.3, -0.25) is 9.78 Å². The van der Waals surface area contributed by atoms with E-state index in [-0.39, 0.29) is 11.9 Å².